The van der Waals surface area contributed by atoms with E-state index in [1.54, 1.807) is 0 Å². The van der Waals surface area contributed by atoms with E-state index in [2.05, 4.69) is 24.8 Å². The molecule has 2 fully saturated rings. The molecule has 0 bridgehead atoms. The van der Waals surface area contributed by atoms with Gasteiger partial charge in [0.1, 0.15) is 30.2 Å². The number of phosphoric ester groups is 1. The molecule has 29 heavy (non-hydrogen) atoms. The third-order valence-corrected chi connectivity index (χ3v) is 5.45. The van der Waals surface area contributed by atoms with Crippen LogP contribution < -0.4 is 40.6 Å². The Morgan fingerprint density at radius 2 is 2.24 bits per heavy atom. The van der Waals surface area contributed by atoms with E-state index >= 15 is 0 Å². The summed E-state index contributed by atoms with van der Waals surface area (Å²) in [7, 11) is -4.30. The Morgan fingerprint density at radius 3 is 2.97 bits per heavy atom. The number of hydrogen-bond donors (Lipinski definition) is 4. The molecule has 0 saturated carbocycles. The number of ether oxygens (including phenoxy) is 1. The van der Waals surface area contributed by atoms with Crippen LogP contribution in [0.25, 0.3) is 11.2 Å². The second-order valence-corrected chi connectivity index (χ2v) is 7.82. The van der Waals surface area contributed by atoms with E-state index in [0.29, 0.717) is 6.42 Å². The minimum absolute atomic E-state index is 0. The van der Waals surface area contributed by atoms with E-state index in [0.717, 1.165) is 10.9 Å². The predicted octanol–water partition coefficient (Wildman–Crippen LogP) is -3.36. The number of nitrogens with zero attached hydrogens (tertiary/aromatic N) is 3. The zero-order valence-electron chi connectivity index (χ0n) is 15.6. The number of carbonyl (C=O) groups is 1. The van der Waals surface area contributed by atoms with Gasteiger partial charge in [0.2, 0.25) is 5.91 Å². The number of aromatic nitrogens is 4. The topological polar surface area (TPSA) is 178 Å². The van der Waals surface area contributed by atoms with Crippen LogP contribution in [-0.4, -0.2) is 60.3 Å². The molecule has 0 aliphatic carbocycles. The third-order valence-electron chi connectivity index (χ3n) is 4.46. The number of phosphoric acid groups is 1. The zero-order valence-corrected chi connectivity index (χ0v) is 18.5. The number of rotatable bonds is 4. The summed E-state index contributed by atoms with van der Waals surface area (Å²) in [6.07, 6.45) is -2.61. The van der Waals surface area contributed by atoms with Crippen LogP contribution in [0.2, 0.25) is 0 Å². The van der Waals surface area contributed by atoms with Crippen LogP contribution in [0, 0.1) is 0 Å². The number of aliphatic hydroxyl groups excluding tert-OH is 1. The van der Waals surface area contributed by atoms with Crippen LogP contribution in [0.1, 0.15) is 26.0 Å². The average molecular weight is 438 g/mol. The number of H-pyrrole nitrogens is 1. The van der Waals surface area contributed by atoms with E-state index < -0.39 is 38.1 Å². The molecule has 0 aromatic carbocycles. The smallest absolute Gasteiger partial charge is 0.386 e. The first-order chi connectivity index (χ1) is 13.3. The first-order valence-corrected chi connectivity index (χ1v) is 10.0. The van der Waals surface area contributed by atoms with E-state index in [9.17, 15) is 24.2 Å². The number of aromatic amines is 1. The van der Waals surface area contributed by atoms with Crippen molar-refractivity contribution in [3.05, 3.63) is 16.8 Å². The quantitative estimate of drug-likeness (QED) is 0.278. The van der Waals surface area contributed by atoms with Crippen LogP contribution in [0.15, 0.2) is 11.1 Å². The summed E-state index contributed by atoms with van der Waals surface area (Å²) in [6.45, 7) is 1.57. The fourth-order valence-electron chi connectivity index (χ4n) is 3.24. The minimum Gasteiger partial charge on any atom is -0.386 e. The number of carbonyl (C=O) groups excluding carboxylic acids is 1. The van der Waals surface area contributed by atoms with Crippen molar-refractivity contribution >= 4 is 30.7 Å². The van der Waals surface area contributed by atoms with E-state index in [1.807, 2.05) is 6.92 Å². The maximum atomic E-state index is 12.5. The molecule has 0 radical (unpaired) electrons. The predicted molar refractivity (Wildman–Crippen MR) is 92.3 cm³/mol. The first-order valence-electron chi connectivity index (χ1n) is 8.55. The molecule has 2 aromatic heterocycles. The van der Waals surface area contributed by atoms with Crippen LogP contribution in [0.4, 0.5) is 5.82 Å². The Bertz CT molecular complexity index is 1030. The van der Waals surface area contributed by atoms with Gasteiger partial charge in [-0.3, -0.25) is 13.8 Å². The van der Waals surface area contributed by atoms with E-state index in [4.69, 9.17) is 9.26 Å². The summed E-state index contributed by atoms with van der Waals surface area (Å²) in [4.78, 5) is 44.4. The number of anilines is 1. The second-order valence-electron chi connectivity index (χ2n) is 6.41. The normalized spacial score (nSPS) is 31.3. The molecular formula is C14H18N5NaO8P+. The zero-order chi connectivity index (χ0) is 20.1. The summed E-state index contributed by atoms with van der Waals surface area (Å²) in [5, 5.41) is 13.1. The van der Waals surface area contributed by atoms with Crippen molar-refractivity contribution in [3.63, 3.8) is 0 Å². The maximum absolute atomic E-state index is 12.5. The Morgan fingerprint density at radius 1 is 1.48 bits per heavy atom. The fourth-order valence-corrected chi connectivity index (χ4v) is 4.20. The molecular weight excluding hydrogens is 420 g/mol. The molecule has 2 aromatic rings. The van der Waals surface area contributed by atoms with Gasteiger partial charge >= 0.3 is 43.1 Å². The Balaban J connectivity index is 0.00000240. The van der Waals surface area contributed by atoms with Gasteiger partial charge in [-0.05, 0) is 6.42 Å². The fraction of sp³-hybridized carbons (Fsp3) is 0.571. The number of amides is 1. The molecule has 15 heteroatoms. The van der Waals surface area contributed by atoms with Crippen molar-refractivity contribution in [1.29, 1.82) is 0 Å². The summed E-state index contributed by atoms with van der Waals surface area (Å²) >= 11 is 0. The molecule has 13 nitrogen and oxygen atoms in total. The molecule has 4 heterocycles. The van der Waals surface area contributed by atoms with Gasteiger partial charge < -0.3 is 25.0 Å². The van der Waals surface area contributed by atoms with Gasteiger partial charge in [-0.1, -0.05) is 6.92 Å². The summed E-state index contributed by atoms with van der Waals surface area (Å²) in [5.41, 5.74) is -0.424. The van der Waals surface area contributed by atoms with Crippen molar-refractivity contribution < 1.29 is 62.7 Å². The first kappa shape index (κ1) is 22.5. The van der Waals surface area contributed by atoms with E-state index in [1.165, 1.54) is 0 Å². The number of hydrogen-bond acceptors (Lipinski definition) is 9. The standard InChI is InChI=1S/C14H18N5O8P.Na/c1-2-3-7(20)17-11-8-12(16-5-15-11)19(14(22)18-8)13-9(21)10-6(26-13)4-25-28(23,24)27-10;/h5-6,9-10,13,21H,2-4H2,1H3,(H,18,22)(H,23,24)(H,15,16,17,20);/q;+1. The molecule has 5 atom stereocenters. The molecule has 2 saturated heterocycles. The molecule has 2 aliphatic heterocycles. The monoisotopic (exact) mass is 438 g/mol. The van der Waals surface area contributed by atoms with Crippen LogP contribution >= 0.6 is 7.82 Å². The Kier molecular flexibility index (Phi) is 6.63. The van der Waals surface area contributed by atoms with Crippen molar-refractivity contribution in [2.45, 2.75) is 44.3 Å². The minimum atomic E-state index is -4.30. The number of aliphatic hydroxyl groups is 1. The van der Waals surface area contributed by atoms with E-state index in [-0.39, 0.29) is 65.5 Å². The van der Waals surface area contributed by atoms with Crippen molar-refractivity contribution in [3.8, 4) is 0 Å². The Hall–Kier alpha value is -1.15. The SMILES string of the molecule is CCCC(=O)Nc1ncnc2c1[nH]c(=O)n2C1OC2COP(=O)(O)OC2C1O.[Na+]. The molecule has 2 aliphatic rings. The van der Waals surface area contributed by atoms with Crippen molar-refractivity contribution in [2.24, 2.45) is 0 Å². The summed E-state index contributed by atoms with van der Waals surface area (Å²) in [5.74, 6) is -0.160. The largest absolute Gasteiger partial charge is 1.00 e. The van der Waals surface area contributed by atoms with Gasteiger partial charge in [0, 0.05) is 6.42 Å². The molecule has 0 spiro atoms. The molecule has 1 amide bonds. The van der Waals surface area contributed by atoms with Crippen LogP contribution in [0.3, 0.4) is 0 Å². The van der Waals surface area contributed by atoms with Crippen molar-refractivity contribution in [2.75, 3.05) is 11.9 Å². The molecule has 152 valence electrons. The van der Waals surface area contributed by atoms with Gasteiger partial charge in [-0.2, -0.15) is 0 Å². The Labute approximate surface area is 185 Å². The number of imidazole rings is 1. The summed E-state index contributed by atoms with van der Waals surface area (Å²) < 4.78 is 27.8. The summed E-state index contributed by atoms with van der Waals surface area (Å²) in [6, 6.07) is 0. The van der Waals surface area contributed by atoms with Crippen LogP contribution in [0.5, 0.6) is 0 Å². The van der Waals surface area contributed by atoms with Crippen LogP contribution in [-0.2, 0) is 23.1 Å². The van der Waals surface area contributed by atoms with Gasteiger partial charge in [0.15, 0.2) is 17.7 Å². The average Bonchev–Trinajstić information content (AvgIpc) is 3.12. The number of nitrogens with one attached hydrogen (secondary N) is 2. The second kappa shape index (κ2) is 8.53. The maximum Gasteiger partial charge on any atom is 1.00 e. The van der Waals surface area contributed by atoms with Gasteiger partial charge in [-0.15, -0.1) is 0 Å². The molecule has 4 N–H and O–H groups in total. The molecule has 5 unspecified atom stereocenters. The molecule has 4 rings (SSSR count). The van der Waals surface area contributed by atoms with Gasteiger partial charge in [-0.25, -0.2) is 23.9 Å². The third kappa shape index (κ3) is 4.20. The van der Waals surface area contributed by atoms with Crippen molar-refractivity contribution in [1.82, 2.24) is 19.5 Å². The number of fused-ring (bicyclic) bond motifs is 2. The van der Waals surface area contributed by atoms with Gasteiger partial charge in [0.05, 0.1) is 6.61 Å². The van der Waals surface area contributed by atoms with Gasteiger partial charge in [0.25, 0.3) is 0 Å².